The predicted molar refractivity (Wildman–Crippen MR) is 139 cm³/mol. The van der Waals surface area contributed by atoms with Crippen LogP contribution in [0.2, 0.25) is 0 Å². The number of fused-ring (bicyclic) bond motifs is 1. The quantitative estimate of drug-likeness (QED) is 0.397. The predicted octanol–water partition coefficient (Wildman–Crippen LogP) is 3.54. The molecule has 0 atom stereocenters. The Balaban J connectivity index is 1.47. The number of nitrogens with one attached hydrogen (secondary N) is 1. The zero-order valence-corrected chi connectivity index (χ0v) is 20.6. The van der Waals surface area contributed by atoms with Gasteiger partial charge in [-0.1, -0.05) is 30.3 Å². The zero-order chi connectivity index (χ0) is 25.8. The van der Waals surface area contributed by atoms with E-state index in [1.54, 1.807) is 19.2 Å². The molecule has 0 bridgehead atoms. The Bertz CT molecular complexity index is 1510. The highest BCUT2D eigenvalue weighted by atomic mass is 19.1. The lowest BCUT2D eigenvalue weighted by molar-refractivity contribution is 0.414. The molecule has 190 valence electrons. The Kier molecular flexibility index (Phi) is 7.11. The summed E-state index contributed by atoms with van der Waals surface area (Å²) in [5.74, 6) is 0.481. The van der Waals surface area contributed by atoms with Crippen LogP contribution in [0.1, 0.15) is 40.9 Å². The molecule has 0 aliphatic heterocycles. The summed E-state index contributed by atoms with van der Waals surface area (Å²) >= 11 is 0. The average Bonchev–Trinajstić information content (AvgIpc) is 2.93. The largest absolute Gasteiger partial charge is 0.497 e. The minimum Gasteiger partial charge on any atom is -0.497 e. The van der Waals surface area contributed by atoms with Crippen LogP contribution in [0, 0.1) is 5.82 Å². The first-order chi connectivity index (χ1) is 18.0. The van der Waals surface area contributed by atoms with Crippen LogP contribution in [-0.2, 0) is 32.5 Å². The first kappa shape index (κ1) is 24.4. The molecule has 0 spiro atoms. The van der Waals surface area contributed by atoms with E-state index in [1.807, 2.05) is 30.3 Å². The Morgan fingerprint density at radius 1 is 0.865 bits per heavy atom. The van der Waals surface area contributed by atoms with E-state index >= 15 is 0 Å². The van der Waals surface area contributed by atoms with E-state index in [1.165, 1.54) is 28.7 Å². The minimum atomic E-state index is -0.679. The van der Waals surface area contributed by atoms with Gasteiger partial charge in [-0.15, -0.1) is 0 Å². The van der Waals surface area contributed by atoms with Crippen molar-refractivity contribution < 1.29 is 9.13 Å². The van der Waals surface area contributed by atoms with Crippen molar-refractivity contribution in [2.45, 2.75) is 45.3 Å². The molecule has 2 heterocycles. The Labute approximate surface area is 213 Å². The van der Waals surface area contributed by atoms with Crippen molar-refractivity contribution in [3.8, 4) is 5.75 Å². The third-order valence-corrected chi connectivity index (χ3v) is 6.57. The second-order valence-corrected chi connectivity index (χ2v) is 9.12. The first-order valence-electron chi connectivity index (χ1n) is 12.3. The number of hydrogen-bond acceptors (Lipinski definition) is 6. The van der Waals surface area contributed by atoms with Gasteiger partial charge in [-0.3, -0.25) is 9.55 Å². The number of anilines is 1. The monoisotopic (exact) mass is 501 g/mol. The highest BCUT2D eigenvalue weighted by Crippen LogP contribution is 2.20. The summed E-state index contributed by atoms with van der Waals surface area (Å²) in [7, 11) is 1.59. The fourth-order valence-corrected chi connectivity index (χ4v) is 4.52. The van der Waals surface area contributed by atoms with Crippen LogP contribution in [-0.4, -0.2) is 26.2 Å². The van der Waals surface area contributed by atoms with Crippen molar-refractivity contribution in [2.75, 3.05) is 12.4 Å². The van der Waals surface area contributed by atoms with Crippen molar-refractivity contribution in [3.63, 3.8) is 0 Å². The lowest BCUT2D eigenvalue weighted by atomic mass is 9.96. The second-order valence-electron chi connectivity index (χ2n) is 9.12. The van der Waals surface area contributed by atoms with Crippen LogP contribution in [0.3, 0.4) is 0 Å². The molecule has 37 heavy (non-hydrogen) atoms. The molecular weight excluding hydrogens is 473 g/mol. The first-order valence-corrected chi connectivity index (χ1v) is 12.3. The van der Waals surface area contributed by atoms with Crippen LogP contribution in [0.4, 0.5) is 10.3 Å². The molecule has 0 saturated carbocycles. The summed E-state index contributed by atoms with van der Waals surface area (Å²) in [6, 6.07) is 17.1. The minimum absolute atomic E-state index is 0.0137. The summed E-state index contributed by atoms with van der Waals surface area (Å²) in [5.41, 5.74) is 3.49. The van der Waals surface area contributed by atoms with Crippen molar-refractivity contribution >= 4 is 5.95 Å². The summed E-state index contributed by atoms with van der Waals surface area (Å²) in [4.78, 5) is 35.5. The normalized spacial score (nSPS) is 12.7. The molecule has 2 aromatic carbocycles. The number of pyridine rings is 1. The molecule has 0 saturated heterocycles. The number of aromatic nitrogens is 4. The number of halogens is 1. The van der Waals surface area contributed by atoms with Crippen molar-refractivity contribution in [3.05, 3.63) is 116 Å². The number of hydrogen-bond donors (Lipinski definition) is 1. The number of ether oxygens (including phenoxy) is 1. The van der Waals surface area contributed by atoms with E-state index in [9.17, 15) is 14.0 Å². The molecule has 1 aliphatic carbocycles. The summed E-state index contributed by atoms with van der Waals surface area (Å²) in [6.45, 7) is 0.503. The maximum atomic E-state index is 13.5. The lowest BCUT2D eigenvalue weighted by Gasteiger charge is -2.17. The zero-order valence-electron chi connectivity index (χ0n) is 20.6. The second kappa shape index (κ2) is 10.8. The van der Waals surface area contributed by atoms with E-state index in [-0.39, 0.29) is 24.9 Å². The fraction of sp³-hybridized carbons (Fsp3) is 0.286. The molecule has 0 amide bonds. The molecular formula is C28H28FN5O3. The number of benzene rings is 2. The SMILES string of the molecule is COc1ccc(Cn2c(NCc3ccc4c(n3)CCCC4)nc(=O)n(Cc3ccc(F)cc3)c2=O)cc1. The molecule has 8 nitrogen and oxygen atoms in total. The van der Waals surface area contributed by atoms with Gasteiger partial charge in [0.1, 0.15) is 11.6 Å². The van der Waals surface area contributed by atoms with E-state index in [2.05, 4.69) is 16.4 Å². The van der Waals surface area contributed by atoms with Crippen LogP contribution in [0.25, 0.3) is 0 Å². The van der Waals surface area contributed by atoms with Gasteiger partial charge < -0.3 is 10.1 Å². The third kappa shape index (κ3) is 5.61. The lowest BCUT2D eigenvalue weighted by Crippen LogP contribution is -2.43. The van der Waals surface area contributed by atoms with Gasteiger partial charge in [0, 0.05) is 5.69 Å². The Hall–Kier alpha value is -4.27. The maximum absolute atomic E-state index is 13.5. The maximum Gasteiger partial charge on any atom is 0.355 e. The number of methoxy groups -OCH3 is 1. The molecule has 1 aliphatic rings. The van der Waals surface area contributed by atoms with Crippen molar-refractivity contribution in [1.29, 1.82) is 0 Å². The van der Waals surface area contributed by atoms with Gasteiger partial charge >= 0.3 is 11.4 Å². The topological polar surface area (TPSA) is 91.0 Å². The van der Waals surface area contributed by atoms with Crippen molar-refractivity contribution in [1.82, 2.24) is 19.1 Å². The highest BCUT2D eigenvalue weighted by Gasteiger charge is 2.16. The van der Waals surface area contributed by atoms with Gasteiger partial charge in [0.25, 0.3) is 0 Å². The summed E-state index contributed by atoms with van der Waals surface area (Å²) in [6.07, 6.45) is 4.32. The Morgan fingerprint density at radius 2 is 1.54 bits per heavy atom. The van der Waals surface area contributed by atoms with Gasteiger partial charge in [-0.05, 0) is 72.7 Å². The number of nitrogens with zero attached hydrogens (tertiary/aromatic N) is 4. The molecule has 4 aromatic rings. The van der Waals surface area contributed by atoms with Crippen LogP contribution < -0.4 is 21.4 Å². The molecule has 0 radical (unpaired) electrons. The standard InChI is InChI=1S/C28H28FN5O3/c1-37-24-14-8-20(9-15-24)17-33-26(30-16-23-13-10-21-4-2-3-5-25(21)31-23)32-27(35)34(28(33)36)18-19-6-11-22(29)12-7-19/h6-15H,2-5,16-18H2,1H3,(H,30,32,35). The molecule has 2 aromatic heterocycles. The number of rotatable bonds is 8. The summed E-state index contributed by atoms with van der Waals surface area (Å²) in [5, 5.41) is 3.16. The fourth-order valence-electron chi connectivity index (χ4n) is 4.52. The molecule has 9 heteroatoms. The molecule has 1 N–H and O–H groups in total. The third-order valence-electron chi connectivity index (χ3n) is 6.57. The smallest absolute Gasteiger partial charge is 0.355 e. The van der Waals surface area contributed by atoms with Crippen LogP contribution in [0.15, 0.2) is 70.3 Å². The van der Waals surface area contributed by atoms with E-state index < -0.39 is 11.4 Å². The van der Waals surface area contributed by atoms with E-state index in [4.69, 9.17) is 9.72 Å². The van der Waals surface area contributed by atoms with E-state index in [0.717, 1.165) is 40.8 Å². The van der Waals surface area contributed by atoms with Gasteiger partial charge in [-0.2, -0.15) is 4.98 Å². The molecule has 0 fully saturated rings. The van der Waals surface area contributed by atoms with Gasteiger partial charge in [-0.25, -0.2) is 18.5 Å². The van der Waals surface area contributed by atoms with Crippen molar-refractivity contribution in [2.24, 2.45) is 0 Å². The van der Waals surface area contributed by atoms with Crippen LogP contribution >= 0.6 is 0 Å². The molecule has 5 rings (SSSR count). The van der Waals surface area contributed by atoms with Gasteiger partial charge in [0.15, 0.2) is 0 Å². The van der Waals surface area contributed by atoms with Crippen LogP contribution in [0.5, 0.6) is 5.75 Å². The molecule has 0 unspecified atom stereocenters. The van der Waals surface area contributed by atoms with E-state index in [0.29, 0.717) is 17.9 Å². The van der Waals surface area contributed by atoms with Gasteiger partial charge in [0.05, 0.1) is 32.4 Å². The van der Waals surface area contributed by atoms with Gasteiger partial charge in [0.2, 0.25) is 5.95 Å². The Morgan fingerprint density at radius 3 is 2.27 bits per heavy atom. The highest BCUT2D eigenvalue weighted by molar-refractivity contribution is 5.32. The average molecular weight is 502 g/mol. The summed E-state index contributed by atoms with van der Waals surface area (Å²) < 4.78 is 21.1. The number of aryl methyl sites for hydroxylation is 2.